The van der Waals surface area contributed by atoms with Crippen molar-refractivity contribution in [1.29, 1.82) is 0 Å². The fraction of sp³-hybridized carbons (Fsp3) is 0.333. The third-order valence-electron chi connectivity index (χ3n) is 4.77. The summed E-state index contributed by atoms with van der Waals surface area (Å²) in [6.07, 6.45) is 1.15. The van der Waals surface area contributed by atoms with E-state index in [2.05, 4.69) is 5.32 Å². The van der Waals surface area contributed by atoms with E-state index in [-0.39, 0.29) is 17.9 Å². The van der Waals surface area contributed by atoms with Crippen molar-refractivity contribution >= 4 is 11.8 Å². The molecule has 5 heteroatoms. The molecule has 0 radical (unpaired) electrons. The zero-order chi connectivity index (χ0) is 18.5. The summed E-state index contributed by atoms with van der Waals surface area (Å²) in [5.41, 5.74) is 2.76. The van der Waals surface area contributed by atoms with Crippen molar-refractivity contribution in [2.45, 2.75) is 25.8 Å². The number of nitrogens with zero attached hydrogens (tertiary/aromatic N) is 1. The molecule has 0 bridgehead atoms. The number of benzene rings is 2. The molecular formula is C21H24N2O3. The third kappa shape index (κ3) is 4.23. The van der Waals surface area contributed by atoms with E-state index in [1.807, 2.05) is 60.4 Å². The Morgan fingerprint density at radius 3 is 2.62 bits per heavy atom. The molecule has 26 heavy (non-hydrogen) atoms. The van der Waals surface area contributed by atoms with Crippen LogP contribution >= 0.6 is 0 Å². The normalized spacial score (nSPS) is 16.6. The number of carbonyl (C=O) groups is 2. The van der Waals surface area contributed by atoms with Gasteiger partial charge in [0.1, 0.15) is 5.75 Å². The number of nitrogens with one attached hydrogen (secondary N) is 1. The first kappa shape index (κ1) is 18.0. The highest BCUT2D eigenvalue weighted by Gasteiger charge is 2.30. The fourth-order valence-corrected chi connectivity index (χ4v) is 3.23. The Morgan fingerprint density at radius 1 is 1.19 bits per heavy atom. The number of aryl methyl sites for hydroxylation is 1. The second kappa shape index (κ2) is 8.04. The van der Waals surface area contributed by atoms with Crippen LogP contribution in [0.15, 0.2) is 48.5 Å². The average Bonchev–Trinajstić information content (AvgIpc) is 2.99. The Kier molecular flexibility index (Phi) is 5.56. The van der Waals surface area contributed by atoms with Gasteiger partial charge in [0.2, 0.25) is 5.91 Å². The summed E-state index contributed by atoms with van der Waals surface area (Å²) in [6.45, 7) is 3.13. The van der Waals surface area contributed by atoms with Crippen LogP contribution in [0, 0.1) is 6.92 Å². The number of likely N-dealkylation sites (tertiary alicyclic amines) is 1. The van der Waals surface area contributed by atoms with Gasteiger partial charge in [-0.1, -0.05) is 30.3 Å². The van der Waals surface area contributed by atoms with Crippen LogP contribution in [0.3, 0.4) is 0 Å². The second-order valence-electron chi connectivity index (χ2n) is 6.63. The van der Waals surface area contributed by atoms with Gasteiger partial charge in [-0.2, -0.15) is 0 Å². The largest absolute Gasteiger partial charge is 0.497 e. The lowest BCUT2D eigenvalue weighted by Crippen LogP contribution is -2.37. The van der Waals surface area contributed by atoms with Gasteiger partial charge in [0.15, 0.2) is 0 Å². The zero-order valence-electron chi connectivity index (χ0n) is 15.2. The van der Waals surface area contributed by atoms with E-state index in [0.29, 0.717) is 25.1 Å². The van der Waals surface area contributed by atoms with Crippen LogP contribution in [0.5, 0.6) is 5.75 Å². The standard InChI is InChI=1S/C21H24N2O3/c1-15-5-3-4-6-19(15)21(25)22-17-13-20(24)23(14-17)12-11-16-7-9-18(26-2)10-8-16/h3-10,17H,11-14H2,1-2H3,(H,22,25)/t17-/m1/s1. The summed E-state index contributed by atoms with van der Waals surface area (Å²) in [6, 6.07) is 15.2. The van der Waals surface area contributed by atoms with Gasteiger partial charge in [-0.3, -0.25) is 9.59 Å². The molecule has 0 spiro atoms. The van der Waals surface area contributed by atoms with Crippen LogP contribution in [-0.4, -0.2) is 43.0 Å². The lowest BCUT2D eigenvalue weighted by atomic mass is 10.1. The van der Waals surface area contributed by atoms with Crippen molar-refractivity contribution in [2.75, 3.05) is 20.2 Å². The smallest absolute Gasteiger partial charge is 0.251 e. The number of rotatable bonds is 6. The Hall–Kier alpha value is -2.82. The quantitative estimate of drug-likeness (QED) is 0.869. The molecule has 1 atom stereocenters. The van der Waals surface area contributed by atoms with Crippen LogP contribution in [0.4, 0.5) is 0 Å². The minimum atomic E-state index is -0.134. The molecule has 1 fully saturated rings. The van der Waals surface area contributed by atoms with Crippen molar-refractivity contribution < 1.29 is 14.3 Å². The predicted molar refractivity (Wildman–Crippen MR) is 100 cm³/mol. The summed E-state index contributed by atoms with van der Waals surface area (Å²) in [4.78, 5) is 26.5. The van der Waals surface area contributed by atoms with Crippen LogP contribution < -0.4 is 10.1 Å². The average molecular weight is 352 g/mol. The number of carbonyl (C=O) groups excluding carboxylic acids is 2. The highest BCUT2D eigenvalue weighted by Crippen LogP contribution is 2.16. The van der Waals surface area contributed by atoms with Crippen molar-refractivity contribution in [3.63, 3.8) is 0 Å². The number of hydrogen-bond donors (Lipinski definition) is 1. The van der Waals surface area contributed by atoms with Gasteiger partial charge in [-0.05, 0) is 42.7 Å². The van der Waals surface area contributed by atoms with E-state index in [9.17, 15) is 9.59 Å². The Labute approximate surface area is 154 Å². The van der Waals surface area contributed by atoms with Gasteiger partial charge in [-0.15, -0.1) is 0 Å². The lowest BCUT2D eigenvalue weighted by Gasteiger charge is -2.17. The number of hydrogen-bond acceptors (Lipinski definition) is 3. The first-order valence-corrected chi connectivity index (χ1v) is 8.84. The molecule has 1 N–H and O–H groups in total. The summed E-state index contributed by atoms with van der Waals surface area (Å²) in [5, 5.41) is 2.99. The molecule has 1 aliphatic rings. The molecule has 1 aliphatic heterocycles. The molecule has 136 valence electrons. The van der Waals surface area contributed by atoms with Crippen molar-refractivity contribution in [3.8, 4) is 5.75 Å². The first-order chi connectivity index (χ1) is 12.6. The molecular weight excluding hydrogens is 328 g/mol. The summed E-state index contributed by atoms with van der Waals surface area (Å²) < 4.78 is 5.16. The van der Waals surface area contributed by atoms with Crippen LogP contribution in [0.1, 0.15) is 27.9 Å². The predicted octanol–water partition coefficient (Wildman–Crippen LogP) is 2.58. The molecule has 0 aliphatic carbocycles. The summed E-state index contributed by atoms with van der Waals surface area (Å²) in [7, 11) is 1.64. The maximum atomic E-state index is 12.4. The van der Waals surface area contributed by atoms with Gasteiger partial charge in [0.25, 0.3) is 5.91 Å². The molecule has 2 aromatic carbocycles. The maximum Gasteiger partial charge on any atom is 0.251 e. The molecule has 1 heterocycles. The monoisotopic (exact) mass is 352 g/mol. The fourth-order valence-electron chi connectivity index (χ4n) is 3.23. The first-order valence-electron chi connectivity index (χ1n) is 8.84. The molecule has 2 amide bonds. The highest BCUT2D eigenvalue weighted by atomic mass is 16.5. The van der Waals surface area contributed by atoms with Gasteiger partial charge < -0.3 is 15.0 Å². The SMILES string of the molecule is COc1ccc(CCN2C[C@H](NC(=O)c3ccccc3C)CC2=O)cc1. The Morgan fingerprint density at radius 2 is 1.92 bits per heavy atom. The van der Waals surface area contributed by atoms with E-state index in [1.165, 1.54) is 0 Å². The molecule has 3 rings (SSSR count). The van der Waals surface area contributed by atoms with E-state index < -0.39 is 0 Å². The van der Waals surface area contributed by atoms with Crippen LogP contribution in [0.25, 0.3) is 0 Å². The van der Waals surface area contributed by atoms with Crippen LogP contribution in [0.2, 0.25) is 0 Å². The molecule has 0 saturated carbocycles. The number of ether oxygens (including phenoxy) is 1. The molecule has 2 aromatic rings. The van der Waals surface area contributed by atoms with Gasteiger partial charge >= 0.3 is 0 Å². The van der Waals surface area contributed by atoms with Gasteiger partial charge in [-0.25, -0.2) is 0 Å². The number of methoxy groups -OCH3 is 1. The zero-order valence-corrected chi connectivity index (χ0v) is 15.2. The topological polar surface area (TPSA) is 58.6 Å². The maximum absolute atomic E-state index is 12.4. The number of amides is 2. The second-order valence-corrected chi connectivity index (χ2v) is 6.63. The van der Waals surface area contributed by atoms with E-state index >= 15 is 0 Å². The van der Waals surface area contributed by atoms with Crippen LogP contribution in [-0.2, 0) is 11.2 Å². The van der Waals surface area contributed by atoms with E-state index in [4.69, 9.17) is 4.74 Å². The summed E-state index contributed by atoms with van der Waals surface area (Å²) in [5.74, 6) is 0.802. The minimum Gasteiger partial charge on any atom is -0.497 e. The van der Waals surface area contributed by atoms with E-state index in [1.54, 1.807) is 7.11 Å². The van der Waals surface area contributed by atoms with Crippen molar-refractivity contribution in [3.05, 3.63) is 65.2 Å². The highest BCUT2D eigenvalue weighted by molar-refractivity contribution is 5.96. The Bertz CT molecular complexity index is 786. The Balaban J connectivity index is 1.53. The lowest BCUT2D eigenvalue weighted by molar-refractivity contribution is -0.127. The summed E-state index contributed by atoms with van der Waals surface area (Å²) >= 11 is 0. The van der Waals surface area contributed by atoms with Gasteiger partial charge in [0, 0.05) is 25.1 Å². The van der Waals surface area contributed by atoms with Gasteiger partial charge in [0.05, 0.1) is 13.2 Å². The molecule has 1 saturated heterocycles. The minimum absolute atomic E-state index is 0.0913. The van der Waals surface area contributed by atoms with E-state index in [0.717, 1.165) is 23.3 Å². The molecule has 0 aromatic heterocycles. The third-order valence-corrected chi connectivity index (χ3v) is 4.77. The molecule has 5 nitrogen and oxygen atoms in total. The molecule has 0 unspecified atom stereocenters. The van der Waals surface area contributed by atoms with Crippen molar-refractivity contribution in [2.24, 2.45) is 0 Å². The van der Waals surface area contributed by atoms with Crippen molar-refractivity contribution in [1.82, 2.24) is 10.2 Å².